The minimum Gasteiger partial charge on any atom is -0.208 e. The van der Waals surface area contributed by atoms with Crippen LogP contribution in [0, 0.1) is 0 Å². The normalized spacial score (nSPS) is 11.7. The summed E-state index contributed by atoms with van der Waals surface area (Å²) in [6.07, 6.45) is 0. The van der Waals surface area contributed by atoms with E-state index in [0.717, 1.165) is 71.6 Å². The second kappa shape index (κ2) is 31.4. The highest BCUT2D eigenvalue weighted by Gasteiger charge is 2.22. The summed E-state index contributed by atoms with van der Waals surface area (Å²) in [7, 11) is 0. The Morgan fingerprint density at radius 3 is 0.682 bits per heavy atom. The first-order valence-electron chi connectivity index (χ1n) is 43.1. The van der Waals surface area contributed by atoms with Crippen LogP contribution >= 0.6 is 34.0 Å². The minimum atomic E-state index is 0.662. The smallest absolute Gasteiger partial charge is 0.164 e. The molecule has 27 rings (SSSR count). The summed E-state index contributed by atoms with van der Waals surface area (Å²) in [6, 6.07) is 148. The van der Waals surface area contributed by atoms with Gasteiger partial charge in [-0.1, -0.05) is 340 Å². The van der Waals surface area contributed by atoms with Crippen LogP contribution in [-0.2, 0) is 0 Å². The van der Waals surface area contributed by atoms with Crippen LogP contribution in [0.25, 0.3) is 260 Å². The third-order valence-corrected chi connectivity index (χ3v) is 28.3. The van der Waals surface area contributed by atoms with Crippen LogP contribution in [0.4, 0.5) is 0 Å². The second-order valence-corrected chi connectivity index (χ2v) is 35.9. The van der Waals surface area contributed by atoms with Crippen molar-refractivity contribution in [1.29, 1.82) is 0 Å². The molecule has 600 valence electrons. The molecule has 0 aliphatic heterocycles. The highest BCUT2D eigenvalue weighted by molar-refractivity contribution is 7.26. The second-order valence-electron chi connectivity index (χ2n) is 32.7. The van der Waals surface area contributed by atoms with Crippen molar-refractivity contribution in [1.82, 2.24) is 44.9 Å². The maximum atomic E-state index is 5.12. The highest BCUT2D eigenvalue weighted by Crippen LogP contribution is 2.43. The number of thiophene rings is 3. The molecule has 0 atom stereocenters. The first-order chi connectivity index (χ1) is 63.8. The Morgan fingerprint density at radius 2 is 0.318 bits per heavy atom. The largest absolute Gasteiger partial charge is 0.208 e. The van der Waals surface area contributed by atoms with Crippen LogP contribution in [0.15, 0.2) is 419 Å². The van der Waals surface area contributed by atoms with Crippen molar-refractivity contribution in [3.63, 3.8) is 0 Å². The molecule has 12 heteroatoms. The first-order valence-corrected chi connectivity index (χ1v) is 45.5. The van der Waals surface area contributed by atoms with Crippen molar-refractivity contribution >= 4 is 191 Å². The van der Waals surface area contributed by atoms with Gasteiger partial charge in [-0.05, 0) is 176 Å². The molecule has 0 aliphatic carbocycles. The van der Waals surface area contributed by atoms with E-state index in [1.165, 1.54) is 136 Å². The molecule has 0 amide bonds. The minimum absolute atomic E-state index is 0.662. The third kappa shape index (κ3) is 13.8. The summed E-state index contributed by atoms with van der Waals surface area (Å²) in [5.41, 5.74) is 8.76. The van der Waals surface area contributed by atoms with E-state index in [-0.39, 0.29) is 0 Å². The molecule has 0 saturated carbocycles. The Bertz CT molecular complexity index is 9120. The third-order valence-electron chi connectivity index (χ3n) is 24.9. The summed E-state index contributed by atoms with van der Waals surface area (Å²) >= 11 is 5.42. The van der Waals surface area contributed by atoms with Gasteiger partial charge in [-0.25, -0.2) is 44.9 Å². The van der Waals surface area contributed by atoms with Crippen molar-refractivity contribution in [3.05, 3.63) is 419 Å². The van der Waals surface area contributed by atoms with Crippen molar-refractivity contribution in [2.75, 3.05) is 0 Å². The molecule has 0 radical (unpaired) electrons. The Morgan fingerprint density at radius 1 is 0.109 bits per heavy atom. The molecule has 0 N–H and O–H groups in total. The summed E-state index contributed by atoms with van der Waals surface area (Å²) in [6.45, 7) is 0. The molecule has 0 saturated heterocycles. The van der Waals surface area contributed by atoms with Crippen molar-refractivity contribution < 1.29 is 0 Å². The zero-order valence-corrected chi connectivity index (χ0v) is 71.5. The van der Waals surface area contributed by atoms with Crippen molar-refractivity contribution in [2.24, 2.45) is 0 Å². The van der Waals surface area contributed by atoms with E-state index in [9.17, 15) is 0 Å². The van der Waals surface area contributed by atoms with E-state index >= 15 is 0 Å². The zero-order chi connectivity index (χ0) is 85.0. The molecule has 0 bridgehead atoms. The SMILES string of the molecule is c1ccc(-c2nc(-c3ccc4c(ccc5ccccc54)c3)nc(-c3ccc4c(c3)sc3ccccc34)n2)cc1.c1ccc2c(c1)ccc1cc(-c3nc(-c4ccc5c(ccc6ccccc65)c4)nc(-c4ccc5c(c4)sc4ccccc45)n3)ccc12.c1ccc2cc(-c3nc(-c4ccc5c(ccc6ccccc65)c4)nc(-c4ccc5sc6ccccc6c5c4)n3)ccc2c1. The summed E-state index contributed by atoms with van der Waals surface area (Å²) in [4.78, 5) is 45.5. The molecular formula is C117H69N9S3. The predicted octanol–water partition coefficient (Wildman–Crippen LogP) is 32.1. The average Bonchev–Trinajstić information content (AvgIpc) is 0.863. The van der Waals surface area contributed by atoms with Crippen LogP contribution in [-0.4, -0.2) is 44.9 Å². The quantitative estimate of drug-likeness (QED) is 0.130. The van der Waals surface area contributed by atoms with E-state index in [1.54, 1.807) is 22.7 Å². The fraction of sp³-hybridized carbons (Fsp3) is 0. The molecule has 0 fully saturated rings. The highest BCUT2D eigenvalue weighted by atomic mass is 32.1. The molecular weight excluding hydrogens is 1630 g/mol. The van der Waals surface area contributed by atoms with Gasteiger partial charge in [-0.3, -0.25) is 0 Å². The molecule has 21 aromatic carbocycles. The standard InChI is InChI=1S/C43H25N3S.C39H23N3S.C35H21N3S/c1-3-9-33-26(7-1)13-15-28-23-30(17-20-35(28)33)41-44-42(31-18-21-36-29(24-31)16-14-27-8-2-4-10-34(27)36)46-43(45-41)32-19-22-38-37-11-5-6-12-39(37)47-40(38)25-32;1-2-9-26-21-28(16-13-24(26)7-1)37-40-38(29-17-19-32-27(22-29)15-14-25-8-3-4-10-31(25)32)42-39(41-37)30-18-20-36-34(23-30)33-11-5-6-12-35(33)43-36;1-2-9-23(10-3-1)33-36-34(25-16-18-28-24(20-25)15-14-22-8-4-5-11-27(22)28)38-35(37-33)26-17-19-30-29-12-6-7-13-31(29)39-32(30)21-26/h1-25H;1-23H;1-21H. The van der Waals surface area contributed by atoms with Gasteiger partial charge in [0.15, 0.2) is 52.4 Å². The fourth-order valence-electron chi connectivity index (χ4n) is 18.4. The Kier molecular flexibility index (Phi) is 18.3. The van der Waals surface area contributed by atoms with Crippen LogP contribution in [0.2, 0.25) is 0 Å². The van der Waals surface area contributed by atoms with Gasteiger partial charge in [-0.2, -0.15) is 0 Å². The monoisotopic (exact) mass is 1700 g/mol. The number of benzene rings is 21. The summed E-state index contributed by atoms with van der Waals surface area (Å²) < 4.78 is 7.57. The topological polar surface area (TPSA) is 116 Å². The number of hydrogen-bond acceptors (Lipinski definition) is 12. The van der Waals surface area contributed by atoms with Gasteiger partial charge in [0, 0.05) is 111 Å². The number of aromatic nitrogens is 9. The number of hydrogen-bond donors (Lipinski definition) is 0. The van der Waals surface area contributed by atoms with Gasteiger partial charge < -0.3 is 0 Å². The van der Waals surface area contributed by atoms with Crippen LogP contribution in [0.3, 0.4) is 0 Å². The number of fused-ring (bicyclic) bond motifs is 22. The zero-order valence-electron chi connectivity index (χ0n) is 69.1. The molecule has 6 aromatic heterocycles. The van der Waals surface area contributed by atoms with Crippen LogP contribution in [0.1, 0.15) is 0 Å². The molecule has 129 heavy (non-hydrogen) atoms. The molecule has 9 nitrogen and oxygen atoms in total. The molecule has 0 spiro atoms. The lowest BCUT2D eigenvalue weighted by molar-refractivity contribution is 1.07. The lowest BCUT2D eigenvalue weighted by atomic mass is 9.99. The average molecular weight is 1700 g/mol. The predicted molar refractivity (Wildman–Crippen MR) is 545 cm³/mol. The number of rotatable bonds is 9. The van der Waals surface area contributed by atoms with Gasteiger partial charge in [-0.15, -0.1) is 34.0 Å². The maximum absolute atomic E-state index is 5.12. The van der Waals surface area contributed by atoms with Crippen molar-refractivity contribution in [2.45, 2.75) is 0 Å². The Hall–Kier alpha value is -16.4. The lowest BCUT2D eigenvalue weighted by Gasteiger charge is -2.11. The summed E-state index contributed by atoms with van der Waals surface area (Å²) in [5, 5.41) is 29.4. The fourth-order valence-corrected chi connectivity index (χ4v) is 21.8. The summed E-state index contributed by atoms with van der Waals surface area (Å²) in [5.74, 6) is 6.02. The number of nitrogens with zero attached hydrogens (tertiary/aromatic N) is 9. The van der Waals surface area contributed by atoms with E-state index in [1.807, 2.05) is 41.7 Å². The van der Waals surface area contributed by atoms with Gasteiger partial charge in [0.05, 0.1) is 0 Å². The van der Waals surface area contributed by atoms with Gasteiger partial charge in [0.1, 0.15) is 0 Å². The molecule has 0 unspecified atom stereocenters. The molecule has 27 aromatic rings. The first kappa shape index (κ1) is 75.2. The van der Waals surface area contributed by atoms with Crippen LogP contribution in [0.5, 0.6) is 0 Å². The van der Waals surface area contributed by atoms with E-state index in [2.05, 4.69) is 388 Å². The van der Waals surface area contributed by atoms with E-state index < -0.39 is 0 Å². The van der Waals surface area contributed by atoms with Gasteiger partial charge >= 0.3 is 0 Å². The van der Waals surface area contributed by atoms with Crippen LogP contribution < -0.4 is 0 Å². The Labute approximate surface area is 751 Å². The Balaban J connectivity index is 0.000000105. The molecule has 0 aliphatic rings. The van der Waals surface area contributed by atoms with Crippen molar-refractivity contribution in [3.8, 4) is 102 Å². The van der Waals surface area contributed by atoms with E-state index in [4.69, 9.17) is 44.9 Å². The van der Waals surface area contributed by atoms with Gasteiger partial charge in [0.25, 0.3) is 0 Å². The lowest BCUT2D eigenvalue weighted by Crippen LogP contribution is -2.00. The van der Waals surface area contributed by atoms with E-state index in [0.29, 0.717) is 52.4 Å². The maximum Gasteiger partial charge on any atom is 0.164 e. The van der Waals surface area contributed by atoms with Gasteiger partial charge in [0.2, 0.25) is 0 Å². The molecule has 6 heterocycles.